The van der Waals surface area contributed by atoms with Gasteiger partial charge in [-0.15, -0.1) is 0 Å². The van der Waals surface area contributed by atoms with Crippen molar-refractivity contribution >= 4 is 95.7 Å². The highest BCUT2D eigenvalue weighted by molar-refractivity contribution is 14.1. The maximum Gasteiger partial charge on any atom is 0.426 e. The van der Waals surface area contributed by atoms with Crippen LogP contribution in [0.2, 0.25) is 0 Å². The summed E-state index contributed by atoms with van der Waals surface area (Å²) in [6.07, 6.45) is -4.83. The van der Waals surface area contributed by atoms with Crippen molar-refractivity contribution in [3.05, 3.63) is 40.6 Å². The quantitative estimate of drug-likeness (QED) is 0.112. The topological polar surface area (TPSA) is 127 Å². The molecular weight excluding hydrogens is 824 g/mol. The first-order chi connectivity index (χ1) is 15.6. The molecule has 186 valence electrons. The van der Waals surface area contributed by atoms with Crippen LogP contribution in [0.3, 0.4) is 0 Å². The molecule has 1 aromatic carbocycles. The molecule has 1 saturated carbocycles. The third-order valence-electron chi connectivity index (χ3n) is 5.49. The van der Waals surface area contributed by atoms with E-state index in [0.29, 0.717) is 9.99 Å². The summed E-state index contributed by atoms with van der Waals surface area (Å²) in [5.74, 6) is -8.48. The summed E-state index contributed by atoms with van der Waals surface area (Å²) in [6.45, 7) is 0. The zero-order valence-corrected chi connectivity index (χ0v) is 24.0. The molecule has 2 bridgehead atoms. The van der Waals surface area contributed by atoms with E-state index in [1.54, 1.807) is 18.2 Å². The van der Waals surface area contributed by atoms with Gasteiger partial charge in [-0.3, -0.25) is 24.3 Å². The Morgan fingerprint density at radius 1 is 1.12 bits per heavy atom. The van der Waals surface area contributed by atoms with Gasteiger partial charge in [-0.2, -0.15) is 21.6 Å². The van der Waals surface area contributed by atoms with Crippen LogP contribution in [0.4, 0.5) is 13.2 Å². The van der Waals surface area contributed by atoms with Gasteiger partial charge in [-0.25, -0.2) is 0 Å². The van der Waals surface area contributed by atoms with Crippen LogP contribution in [0.15, 0.2) is 24.3 Å². The number of imide groups is 1. The van der Waals surface area contributed by atoms with E-state index in [4.69, 9.17) is 4.55 Å². The van der Waals surface area contributed by atoms with Gasteiger partial charge in [0, 0.05) is 10.7 Å². The molecule has 0 saturated heterocycles. The van der Waals surface area contributed by atoms with Crippen LogP contribution < -0.4 is 5.32 Å². The van der Waals surface area contributed by atoms with Crippen LogP contribution in [0, 0.1) is 34.4 Å². The molecule has 0 radical (unpaired) electrons. The monoisotopic (exact) mass is 839 g/mol. The molecule has 15 heteroatoms. The predicted octanol–water partition coefficient (Wildman–Crippen LogP) is 3.56. The maximum atomic E-state index is 13.2. The Labute approximate surface area is 233 Å². The zero-order valence-electron chi connectivity index (χ0n) is 16.7. The van der Waals surface area contributed by atoms with Crippen LogP contribution in [-0.2, 0) is 24.4 Å². The number of allylic oxidation sites excluding steroid dienone is 2. The summed E-state index contributed by atoms with van der Waals surface area (Å²) >= 11 is 6.00. The van der Waals surface area contributed by atoms with E-state index in [2.05, 4.69) is 10.1 Å². The fourth-order valence-electron chi connectivity index (χ4n) is 4.09. The fraction of sp³-hybridized carbons (Fsp3) is 0.421. The van der Waals surface area contributed by atoms with Crippen molar-refractivity contribution < 1.29 is 45.3 Å². The predicted molar refractivity (Wildman–Crippen MR) is 137 cm³/mol. The first-order valence-electron chi connectivity index (χ1n) is 9.49. The number of esters is 1. The van der Waals surface area contributed by atoms with Crippen molar-refractivity contribution in [1.29, 1.82) is 0 Å². The van der Waals surface area contributed by atoms with Gasteiger partial charge in [0.05, 0.1) is 17.4 Å². The number of alkyl halides is 3. The zero-order chi connectivity index (χ0) is 25.6. The van der Waals surface area contributed by atoms with E-state index in [0.717, 1.165) is 7.14 Å². The standard InChI is InChI=1S/C19H15F3I3NO7S/c20-19(21,22)12(6-34(30,31)32)33-18(29)14-8-2-1-7(3-8)13(14)17(28)26-16(27)10-4-9(23)5-11(24)15(10)25/h1-2,4-5,7-8,12-14H,3,6H2,(H,26,27,28)(H,30,31,32). The summed E-state index contributed by atoms with van der Waals surface area (Å²) in [4.78, 5) is 38.4. The Morgan fingerprint density at radius 3 is 2.26 bits per heavy atom. The number of carbonyl (C=O) groups excluding carboxylic acids is 3. The number of halogens is 6. The molecule has 0 spiro atoms. The first-order valence-corrected chi connectivity index (χ1v) is 14.3. The number of fused-ring (bicyclic) bond motifs is 2. The van der Waals surface area contributed by atoms with E-state index in [1.807, 2.05) is 73.8 Å². The molecular formula is C19H15F3I3NO7S. The Balaban J connectivity index is 1.81. The summed E-state index contributed by atoms with van der Waals surface area (Å²) < 4.78 is 77.0. The highest BCUT2D eigenvalue weighted by atomic mass is 127. The molecule has 3 rings (SSSR count). The van der Waals surface area contributed by atoms with Crippen molar-refractivity contribution in [2.24, 2.45) is 23.7 Å². The third kappa shape index (κ3) is 6.41. The number of benzene rings is 1. The average Bonchev–Trinajstić information content (AvgIpc) is 3.29. The molecule has 34 heavy (non-hydrogen) atoms. The highest BCUT2D eigenvalue weighted by Crippen LogP contribution is 2.49. The minimum atomic E-state index is -5.26. The van der Waals surface area contributed by atoms with Gasteiger partial charge in [-0.05, 0) is 98.2 Å². The lowest BCUT2D eigenvalue weighted by molar-refractivity contribution is -0.218. The van der Waals surface area contributed by atoms with Gasteiger partial charge in [0.2, 0.25) is 12.0 Å². The number of carbonyl (C=O) groups is 3. The number of ether oxygens (including phenoxy) is 1. The van der Waals surface area contributed by atoms with E-state index in [9.17, 15) is 36.0 Å². The maximum absolute atomic E-state index is 13.2. The van der Waals surface area contributed by atoms with Crippen molar-refractivity contribution in [3.8, 4) is 0 Å². The number of amides is 2. The van der Waals surface area contributed by atoms with Crippen molar-refractivity contribution in [1.82, 2.24) is 5.32 Å². The van der Waals surface area contributed by atoms with Crippen LogP contribution >= 0.6 is 67.8 Å². The first kappa shape index (κ1) is 28.0. The van der Waals surface area contributed by atoms with Crippen molar-refractivity contribution in [2.45, 2.75) is 18.7 Å². The number of rotatable bonds is 6. The lowest BCUT2D eigenvalue weighted by Crippen LogP contribution is -2.46. The van der Waals surface area contributed by atoms with E-state index >= 15 is 0 Å². The minimum Gasteiger partial charge on any atom is -0.451 e. The van der Waals surface area contributed by atoms with E-state index < -0.39 is 69.6 Å². The van der Waals surface area contributed by atoms with Crippen molar-refractivity contribution in [3.63, 3.8) is 0 Å². The van der Waals surface area contributed by atoms with Crippen LogP contribution in [0.1, 0.15) is 16.8 Å². The van der Waals surface area contributed by atoms with Gasteiger partial charge >= 0.3 is 12.1 Å². The molecule has 2 aliphatic carbocycles. The average molecular weight is 839 g/mol. The molecule has 5 atom stereocenters. The second-order valence-corrected chi connectivity index (χ2v) is 12.8. The summed E-state index contributed by atoms with van der Waals surface area (Å²) in [5.41, 5.74) is 0.230. The second kappa shape index (κ2) is 10.4. The SMILES string of the molecule is O=C(NC(=O)C1C2C=CC(C2)C1C(=O)OC(CS(=O)(=O)O)C(F)(F)F)c1cc(I)cc(I)c1I. The Hall–Kier alpha value is -0.540. The smallest absolute Gasteiger partial charge is 0.426 e. The molecule has 0 aliphatic heterocycles. The number of hydrogen-bond acceptors (Lipinski definition) is 6. The summed E-state index contributed by atoms with van der Waals surface area (Å²) in [5, 5.41) is 2.24. The van der Waals surface area contributed by atoms with E-state index in [-0.39, 0.29) is 5.56 Å². The molecule has 5 unspecified atom stereocenters. The van der Waals surface area contributed by atoms with Crippen LogP contribution in [0.5, 0.6) is 0 Å². The third-order valence-corrected chi connectivity index (χ3v) is 9.89. The van der Waals surface area contributed by atoms with E-state index in [1.165, 1.54) is 0 Å². The van der Waals surface area contributed by atoms with Crippen LogP contribution in [0.25, 0.3) is 0 Å². The normalized spacial score (nSPS) is 24.7. The van der Waals surface area contributed by atoms with Gasteiger partial charge in [-0.1, -0.05) is 12.2 Å². The molecule has 2 aliphatic rings. The lowest BCUT2D eigenvalue weighted by Gasteiger charge is -2.28. The molecule has 0 aromatic heterocycles. The van der Waals surface area contributed by atoms with Crippen molar-refractivity contribution in [2.75, 3.05) is 5.75 Å². The van der Waals surface area contributed by atoms with Gasteiger partial charge in [0.1, 0.15) is 5.75 Å². The van der Waals surface area contributed by atoms with Gasteiger partial charge in [0.15, 0.2) is 0 Å². The Kier molecular flexibility index (Phi) is 8.61. The van der Waals surface area contributed by atoms with Gasteiger partial charge < -0.3 is 4.74 Å². The largest absolute Gasteiger partial charge is 0.451 e. The molecule has 1 fully saturated rings. The highest BCUT2D eigenvalue weighted by Gasteiger charge is 2.54. The van der Waals surface area contributed by atoms with Crippen LogP contribution in [-0.4, -0.2) is 48.8 Å². The minimum absolute atomic E-state index is 0.230. The second-order valence-electron chi connectivity index (χ2n) is 7.78. The Bertz CT molecular complexity index is 1170. The summed E-state index contributed by atoms with van der Waals surface area (Å²) in [7, 11) is -5.11. The van der Waals surface area contributed by atoms with Gasteiger partial charge in [0.25, 0.3) is 16.0 Å². The molecule has 2 N–H and O–H groups in total. The Morgan fingerprint density at radius 2 is 1.71 bits per heavy atom. The fourth-order valence-corrected chi connectivity index (χ4v) is 7.13. The summed E-state index contributed by atoms with van der Waals surface area (Å²) in [6, 6.07) is 3.40. The molecule has 1 aromatic rings. The molecule has 8 nitrogen and oxygen atoms in total. The number of nitrogens with one attached hydrogen (secondary N) is 1. The lowest BCUT2D eigenvalue weighted by atomic mass is 9.82. The number of hydrogen-bond donors (Lipinski definition) is 2. The molecule has 0 heterocycles. The molecule has 2 amide bonds.